The van der Waals surface area contributed by atoms with E-state index < -0.39 is 5.54 Å². The molecule has 0 aliphatic heterocycles. The Bertz CT molecular complexity index is 402. The molecule has 0 radical (unpaired) electrons. The molecule has 3 nitrogen and oxygen atoms in total. The molecule has 0 spiro atoms. The van der Waals surface area contributed by atoms with E-state index in [1.54, 1.807) is 7.05 Å². The van der Waals surface area contributed by atoms with Crippen molar-refractivity contribution in [2.45, 2.75) is 32.7 Å². The van der Waals surface area contributed by atoms with E-state index in [0.29, 0.717) is 13.0 Å². The molecular formula is C14H20N2O. The zero-order valence-corrected chi connectivity index (χ0v) is 11.0. The lowest BCUT2D eigenvalue weighted by Crippen LogP contribution is -2.39. The van der Waals surface area contributed by atoms with Crippen LogP contribution in [0.2, 0.25) is 0 Å². The highest BCUT2D eigenvalue weighted by molar-refractivity contribution is 5.33. The van der Waals surface area contributed by atoms with Crippen molar-refractivity contribution in [1.82, 2.24) is 5.32 Å². The quantitative estimate of drug-likeness (QED) is 0.848. The van der Waals surface area contributed by atoms with Crippen molar-refractivity contribution in [3.05, 3.63) is 29.3 Å². The Morgan fingerprint density at radius 2 is 1.88 bits per heavy atom. The zero-order chi connectivity index (χ0) is 12.9. The van der Waals surface area contributed by atoms with Crippen molar-refractivity contribution in [2.24, 2.45) is 0 Å². The van der Waals surface area contributed by atoms with E-state index in [2.05, 4.69) is 17.5 Å². The zero-order valence-electron chi connectivity index (χ0n) is 11.0. The minimum Gasteiger partial charge on any atom is -0.493 e. The number of nitrogens with one attached hydrogen (secondary N) is 1. The van der Waals surface area contributed by atoms with E-state index >= 15 is 0 Å². The van der Waals surface area contributed by atoms with Gasteiger partial charge in [-0.3, -0.25) is 0 Å². The van der Waals surface area contributed by atoms with Crippen molar-refractivity contribution in [1.29, 1.82) is 5.26 Å². The van der Waals surface area contributed by atoms with E-state index in [1.807, 2.05) is 32.9 Å². The van der Waals surface area contributed by atoms with Gasteiger partial charge < -0.3 is 10.1 Å². The van der Waals surface area contributed by atoms with Crippen LogP contribution >= 0.6 is 0 Å². The summed E-state index contributed by atoms with van der Waals surface area (Å²) in [6.07, 6.45) is 0.660. The summed E-state index contributed by atoms with van der Waals surface area (Å²) in [6.45, 7) is 6.51. The van der Waals surface area contributed by atoms with Crippen LogP contribution < -0.4 is 10.1 Å². The second-order valence-electron chi connectivity index (χ2n) is 4.62. The maximum atomic E-state index is 9.00. The lowest BCUT2D eigenvalue weighted by molar-refractivity contribution is 0.272. The van der Waals surface area contributed by atoms with Crippen molar-refractivity contribution >= 4 is 0 Å². The van der Waals surface area contributed by atoms with E-state index in [4.69, 9.17) is 10.00 Å². The van der Waals surface area contributed by atoms with Gasteiger partial charge in [-0.15, -0.1) is 0 Å². The molecule has 0 aliphatic carbocycles. The summed E-state index contributed by atoms with van der Waals surface area (Å²) in [6, 6.07) is 8.38. The largest absolute Gasteiger partial charge is 0.493 e. The molecule has 0 aromatic heterocycles. The smallest absolute Gasteiger partial charge is 0.119 e. The first-order chi connectivity index (χ1) is 7.99. The first kappa shape index (κ1) is 13.5. The summed E-state index contributed by atoms with van der Waals surface area (Å²) in [5, 5.41) is 12.0. The van der Waals surface area contributed by atoms with Crippen LogP contribution in [0.25, 0.3) is 0 Å². The Kier molecular flexibility index (Phi) is 4.53. The molecule has 0 aliphatic rings. The van der Waals surface area contributed by atoms with E-state index in [1.165, 1.54) is 11.1 Å². The molecule has 0 fully saturated rings. The number of benzene rings is 1. The van der Waals surface area contributed by atoms with Crippen LogP contribution in [-0.4, -0.2) is 19.2 Å². The summed E-state index contributed by atoms with van der Waals surface area (Å²) < 4.78 is 5.68. The molecule has 3 heteroatoms. The fraction of sp³-hybridized carbons (Fsp3) is 0.500. The maximum Gasteiger partial charge on any atom is 0.119 e. The van der Waals surface area contributed by atoms with Gasteiger partial charge in [-0.25, -0.2) is 0 Å². The second kappa shape index (κ2) is 5.70. The van der Waals surface area contributed by atoms with Crippen LogP contribution in [0.3, 0.4) is 0 Å². The summed E-state index contributed by atoms with van der Waals surface area (Å²) in [4.78, 5) is 0. The van der Waals surface area contributed by atoms with Crippen LogP contribution in [0.15, 0.2) is 18.2 Å². The molecule has 0 bridgehead atoms. The van der Waals surface area contributed by atoms with Gasteiger partial charge in [0.15, 0.2) is 0 Å². The molecule has 1 rings (SSSR count). The average Bonchev–Trinajstić information content (AvgIpc) is 2.27. The first-order valence-electron chi connectivity index (χ1n) is 5.80. The van der Waals surface area contributed by atoms with Crippen molar-refractivity contribution in [2.75, 3.05) is 13.7 Å². The van der Waals surface area contributed by atoms with Crippen LogP contribution in [0.1, 0.15) is 24.5 Å². The molecule has 17 heavy (non-hydrogen) atoms. The highest BCUT2D eigenvalue weighted by Gasteiger charge is 2.20. The maximum absolute atomic E-state index is 9.00. The van der Waals surface area contributed by atoms with Gasteiger partial charge in [-0.1, -0.05) is 6.07 Å². The molecule has 0 saturated carbocycles. The number of nitriles is 1. The van der Waals surface area contributed by atoms with Crippen LogP contribution in [0, 0.1) is 25.2 Å². The normalized spacial score (nSPS) is 13.8. The standard InChI is InChI=1S/C14H20N2O/c1-11-7-12(2)9-13(8-11)17-6-5-14(3,10-15)16-4/h7-9,16H,5-6H2,1-4H3. The number of hydrogen-bond donors (Lipinski definition) is 1. The molecule has 0 amide bonds. The van der Waals surface area contributed by atoms with Gasteiger partial charge in [0.25, 0.3) is 0 Å². The molecule has 1 N–H and O–H groups in total. The summed E-state index contributed by atoms with van der Waals surface area (Å²) >= 11 is 0. The monoisotopic (exact) mass is 232 g/mol. The van der Waals surface area contributed by atoms with E-state index in [-0.39, 0.29) is 0 Å². The fourth-order valence-electron chi connectivity index (χ4n) is 1.63. The van der Waals surface area contributed by atoms with Gasteiger partial charge in [0.1, 0.15) is 11.3 Å². The van der Waals surface area contributed by atoms with Gasteiger partial charge in [0, 0.05) is 6.42 Å². The second-order valence-corrected chi connectivity index (χ2v) is 4.62. The Morgan fingerprint density at radius 1 is 1.29 bits per heavy atom. The Labute approximate surface area is 103 Å². The Morgan fingerprint density at radius 3 is 2.35 bits per heavy atom. The van der Waals surface area contributed by atoms with Crippen LogP contribution in [-0.2, 0) is 0 Å². The van der Waals surface area contributed by atoms with Crippen LogP contribution in [0.5, 0.6) is 5.75 Å². The highest BCUT2D eigenvalue weighted by Crippen LogP contribution is 2.17. The van der Waals surface area contributed by atoms with E-state index in [9.17, 15) is 0 Å². The van der Waals surface area contributed by atoms with E-state index in [0.717, 1.165) is 5.75 Å². The fourth-order valence-corrected chi connectivity index (χ4v) is 1.63. The Hall–Kier alpha value is -1.53. The molecule has 0 saturated heterocycles. The van der Waals surface area contributed by atoms with Crippen molar-refractivity contribution < 1.29 is 4.74 Å². The molecule has 1 aromatic carbocycles. The number of rotatable bonds is 5. The predicted molar refractivity (Wildman–Crippen MR) is 69.1 cm³/mol. The third-order valence-corrected chi connectivity index (χ3v) is 2.86. The molecule has 1 atom stereocenters. The third-order valence-electron chi connectivity index (χ3n) is 2.86. The van der Waals surface area contributed by atoms with Crippen molar-refractivity contribution in [3.63, 3.8) is 0 Å². The summed E-state index contributed by atoms with van der Waals surface area (Å²) in [5.74, 6) is 0.874. The number of nitrogens with zero attached hydrogens (tertiary/aromatic N) is 1. The van der Waals surface area contributed by atoms with Crippen molar-refractivity contribution in [3.8, 4) is 11.8 Å². The first-order valence-corrected chi connectivity index (χ1v) is 5.80. The summed E-state index contributed by atoms with van der Waals surface area (Å²) in [5.41, 5.74) is 1.87. The van der Waals surface area contributed by atoms with Gasteiger partial charge in [-0.05, 0) is 51.1 Å². The minimum absolute atomic E-state index is 0.515. The number of ether oxygens (including phenoxy) is 1. The molecule has 0 heterocycles. The SMILES string of the molecule is CNC(C)(C#N)CCOc1cc(C)cc(C)c1. The predicted octanol–water partition coefficient (Wildman–Crippen LogP) is 2.57. The highest BCUT2D eigenvalue weighted by atomic mass is 16.5. The molecular weight excluding hydrogens is 212 g/mol. The molecule has 1 aromatic rings. The average molecular weight is 232 g/mol. The Balaban J connectivity index is 2.54. The van der Waals surface area contributed by atoms with Gasteiger partial charge in [0.05, 0.1) is 12.7 Å². The molecule has 1 unspecified atom stereocenters. The molecule has 92 valence electrons. The lowest BCUT2D eigenvalue weighted by Gasteiger charge is -2.20. The summed E-state index contributed by atoms with van der Waals surface area (Å²) in [7, 11) is 1.79. The van der Waals surface area contributed by atoms with Gasteiger partial charge in [-0.2, -0.15) is 5.26 Å². The van der Waals surface area contributed by atoms with Crippen LogP contribution in [0.4, 0.5) is 0 Å². The topological polar surface area (TPSA) is 45.0 Å². The van der Waals surface area contributed by atoms with Gasteiger partial charge >= 0.3 is 0 Å². The van der Waals surface area contributed by atoms with Gasteiger partial charge in [0.2, 0.25) is 0 Å². The number of aryl methyl sites for hydroxylation is 2. The number of hydrogen-bond acceptors (Lipinski definition) is 3. The minimum atomic E-state index is -0.515. The lowest BCUT2D eigenvalue weighted by atomic mass is 10.0. The third kappa shape index (κ3) is 4.08.